The van der Waals surface area contributed by atoms with E-state index >= 15 is 0 Å². The van der Waals surface area contributed by atoms with Gasteiger partial charge >= 0.3 is 0 Å². The first-order chi connectivity index (χ1) is 8.97. The van der Waals surface area contributed by atoms with Gasteiger partial charge in [0.25, 0.3) is 0 Å². The van der Waals surface area contributed by atoms with Crippen LogP contribution in [0.3, 0.4) is 0 Å². The summed E-state index contributed by atoms with van der Waals surface area (Å²) in [6.45, 7) is 7.51. The zero-order valence-electron chi connectivity index (χ0n) is 12.4. The number of methoxy groups -OCH3 is 2. The van der Waals surface area contributed by atoms with Crippen molar-refractivity contribution in [3.63, 3.8) is 0 Å². The first kappa shape index (κ1) is 16.3. The maximum atomic E-state index is 5.33. The molecule has 0 spiro atoms. The van der Waals surface area contributed by atoms with Crippen LogP contribution < -0.4 is 14.8 Å². The van der Waals surface area contributed by atoms with Gasteiger partial charge in [-0.1, -0.05) is 29.8 Å². The molecule has 1 unspecified atom stereocenters. The summed E-state index contributed by atoms with van der Waals surface area (Å²) in [5.41, 5.74) is 1.17. The van der Waals surface area contributed by atoms with Gasteiger partial charge in [0.05, 0.1) is 14.2 Å². The van der Waals surface area contributed by atoms with E-state index in [0.717, 1.165) is 22.5 Å². The largest absolute Gasteiger partial charge is 0.493 e. The fourth-order valence-corrected chi connectivity index (χ4v) is 2.57. The van der Waals surface area contributed by atoms with Gasteiger partial charge in [-0.05, 0) is 37.0 Å². The van der Waals surface area contributed by atoms with E-state index in [2.05, 4.69) is 42.0 Å². The molecule has 4 heteroatoms. The van der Waals surface area contributed by atoms with Crippen molar-refractivity contribution in [3.8, 4) is 11.5 Å². The Morgan fingerprint density at radius 1 is 1.11 bits per heavy atom. The molecule has 0 saturated heterocycles. The Kier molecular flexibility index (Phi) is 6.66. The Labute approximate surface area is 124 Å². The third-order valence-corrected chi connectivity index (χ3v) is 3.76. The van der Waals surface area contributed by atoms with Gasteiger partial charge in [-0.15, -0.1) is 0 Å². The van der Waals surface area contributed by atoms with E-state index in [-0.39, 0.29) is 0 Å². The number of hydrogen-bond donors (Lipinski definition) is 1. The zero-order valence-corrected chi connectivity index (χ0v) is 14.0. The molecule has 0 fully saturated rings. The average Bonchev–Trinajstić information content (AvgIpc) is 2.36. The van der Waals surface area contributed by atoms with E-state index in [1.54, 1.807) is 14.2 Å². The summed E-state index contributed by atoms with van der Waals surface area (Å²) in [6, 6.07) is 4.46. The summed E-state index contributed by atoms with van der Waals surface area (Å²) in [5, 5.41) is 3.53. The van der Waals surface area contributed by atoms with Crippen molar-refractivity contribution in [3.05, 3.63) is 22.2 Å². The second-order valence-corrected chi connectivity index (χ2v) is 6.06. The number of nitrogens with one attached hydrogen (secondary N) is 1. The molecule has 108 valence electrons. The van der Waals surface area contributed by atoms with Gasteiger partial charge in [-0.2, -0.15) is 0 Å². The van der Waals surface area contributed by atoms with Crippen molar-refractivity contribution in [2.24, 2.45) is 5.92 Å². The number of rotatable bonds is 7. The van der Waals surface area contributed by atoms with E-state index in [9.17, 15) is 0 Å². The van der Waals surface area contributed by atoms with E-state index in [0.29, 0.717) is 12.0 Å². The van der Waals surface area contributed by atoms with Crippen LogP contribution in [0.25, 0.3) is 0 Å². The van der Waals surface area contributed by atoms with Crippen LogP contribution in [0.4, 0.5) is 0 Å². The Hall–Kier alpha value is -0.740. The minimum Gasteiger partial charge on any atom is -0.493 e. The normalized spacial score (nSPS) is 12.6. The van der Waals surface area contributed by atoms with Crippen LogP contribution in [0.15, 0.2) is 16.6 Å². The molecule has 1 rings (SSSR count). The number of benzene rings is 1. The zero-order chi connectivity index (χ0) is 14.4. The van der Waals surface area contributed by atoms with Gasteiger partial charge in [-0.3, -0.25) is 0 Å². The van der Waals surface area contributed by atoms with Crippen LogP contribution in [-0.2, 0) is 6.54 Å². The lowest BCUT2D eigenvalue weighted by Gasteiger charge is -2.17. The third kappa shape index (κ3) is 5.03. The summed E-state index contributed by atoms with van der Waals surface area (Å²) >= 11 is 3.58. The molecule has 0 radical (unpaired) electrons. The van der Waals surface area contributed by atoms with Crippen molar-refractivity contribution in [2.45, 2.75) is 39.8 Å². The molecule has 0 aliphatic carbocycles. The van der Waals surface area contributed by atoms with Crippen LogP contribution in [0, 0.1) is 5.92 Å². The lowest BCUT2D eigenvalue weighted by Crippen LogP contribution is -2.27. The van der Waals surface area contributed by atoms with Gasteiger partial charge in [0.1, 0.15) is 0 Å². The van der Waals surface area contributed by atoms with E-state index in [1.807, 2.05) is 12.1 Å². The van der Waals surface area contributed by atoms with Crippen molar-refractivity contribution in [1.29, 1.82) is 0 Å². The quantitative estimate of drug-likeness (QED) is 0.820. The highest BCUT2D eigenvalue weighted by molar-refractivity contribution is 9.10. The van der Waals surface area contributed by atoms with Crippen molar-refractivity contribution in [1.82, 2.24) is 5.32 Å². The molecular formula is C15H24BrNO2. The summed E-state index contributed by atoms with van der Waals surface area (Å²) in [4.78, 5) is 0. The SMILES string of the molecule is COc1cc(Br)c(CNC(C)CC(C)C)cc1OC. The lowest BCUT2D eigenvalue weighted by molar-refractivity contribution is 0.354. The monoisotopic (exact) mass is 329 g/mol. The fraction of sp³-hybridized carbons (Fsp3) is 0.600. The Morgan fingerprint density at radius 3 is 2.21 bits per heavy atom. The minimum absolute atomic E-state index is 0.500. The van der Waals surface area contributed by atoms with Crippen LogP contribution in [0.5, 0.6) is 11.5 Å². The molecule has 0 bridgehead atoms. The summed E-state index contributed by atoms with van der Waals surface area (Å²) in [6.07, 6.45) is 1.17. The molecular weight excluding hydrogens is 306 g/mol. The maximum Gasteiger partial charge on any atom is 0.161 e. The second kappa shape index (κ2) is 7.75. The van der Waals surface area contributed by atoms with Crippen LogP contribution in [-0.4, -0.2) is 20.3 Å². The number of ether oxygens (including phenoxy) is 2. The van der Waals surface area contributed by atoms with Crippen molar-refractivity contribution < 1.29 is 9.47 Å². The molecule has 3 nitrogen and oxygen atoms in total. The Morgan fingerprint density at radius 2 is 1.68 bits per heavy atom. The van der Waals surface area contributed by atoms with Crippen molar-refractivity contribution >= 4 is 15.9 Å². The highest BCUT2D eigenvalue weighted by Crippen LogP contribution is 2.33. The highest BCUT2D eigenvalue weighted by atomic mass is 79.9. The van der Waals surface area contributed by atoms with Gasteiger partial charge in [-0.25, -0.2) is 0 Å². The molecule has 0 aliphatic rings. The Bertz CT molecular complexity index is 407. The molecule has 1 aromatic rings. The smallest absolute Gasteiger partial charge is 0.161 e. The van der Waals surface area contributed by atoms with Crippen LogP contribution in [0.2, 0.25) is 0 Å². The van der Waals surface area contributed by atoms with Gasteiger partial charge in [0.15, 0.2) is 11.5 Å². The predicted octanol–water partition coefficient (Wildman–Crippen LogP) is 3.99. The lowest BCUT2D eigenvalue weighted by atomic mass is 10.0. The molecule has 0 aliphatic heterocycles. The summed E-state index contributed by atoms with van der Waals surface area (Å²) < 4.78 is 11.6. The molecule has 19 heavy (non-hydrogen) atoms. The average molecular weight is 330 g/mol. The van der Waals surface area contributed by atoms with E-state index < -0.39 is 0 Å². The molecule has 1 aromatic carbocycles. The Balaban J connectivity index is 2.73. The molecule has 1 N–H and O–H groups in total. The molecule has 1 atom stereocenters. The van der Waals surface area contributed by atoms with Gasteiger partial charge in [0.2, 0.25) is 0 Å². The highest BCUT2D eigenvalue weighted by Gasteiger charge is 2.11. The molecule has 0 saturated carbocycles. The fourth-order valence-electron chi connectivity index (χ4n) is 2.11. The summed E-state index contributed by atoms with van der Waals surface area (Å²) in [5.74, 6) is 2.21. The minimum atomic E-state index is 0.500. The first-order valence-corrected chi connectivity index (χ1v) is 7.41. The number of halogens is 1. The number of hydrogen-bond acceptors (Lipinski definition) is 3. The second-order valence-electron chi connectivity index (χ2n) is 5.21. The predicted molar refractivity (Wildman–Crippen MR) is 83.0 cm³/mol. The molecule has 0 aromatic heterocycles. The van der Waals surface area contributed by atoms with Gasteiger partial charge in [0, 0.05) is 17.1 Å². The standard InChI is InChI=1S/C15H24BrNO2/c1-10(2)6-11(3)17-9-12-7-14(18-4)15(19-5)8-13(12)16/h7-8,10-11,17H,6,9H2,1-5H3. The maximum absolute atomic E-state index is 5.33. The van der Waals surface area contributed by atoms with Gasteiger partial charge < -0.3 is 14.8 Å². The molecule has 0 amide bonds. The topological polar surface area (TPSA) is 30.5 Å². The third-order valence-electron chi connectivity index (χ3n) is 3.02. The van der Waals surface area contributed by atoms with Crippen LogP contribution in [0.1, 0.15) is 32.8 Å². The van der Waals surface area contributed by atoms with Crippen LogP contribution >= 0.6 is 15.9 Å². The molecule has 0 heterocycles. The summed E-state index contributed by atoms with van der Waals surface area (Å²) in [7, 11) is 3.30. The van der Waals surface area contributed by atoms with Crippen molar-refractivity contribution in [2.75, 3.05) is 14.2 Å². The van der Waals surface area contributed by atoms with E-state index in [1.165, 1.54) is 12.0 Å². The first-order valence-electron chi connectivity index (χ1n) is 6.61. The van der Waals surface area contributed by atoms with E-state index in [4.69, 9.17) is 9.47 Å².